The number of rotatable bonds is 12. The molecule has 0 spiro atoms. The van der Waals surface area contributed by atoms with Crippen LogP contribution in [0.15, 0.2) is 53.0 Å². The Morgan fingerprint density at radius 2 is 1.86 bits per heavy atom. The number of nitro groups is 1. The highest BCUT2D eigenvalue weighted by atomic mass is 79.9. The van der Waals surface area contributed by atoms with Crippen molar-refractivity contribution >= 4 is 49.1 Å². The molecule has 0 unspecified atom stereocenters. The molecule has 2 rings (SSSR count). The average molecular weight is 569 g/mol. The van der Waals surface area contributed by atoms with Crippen molar-refractivity contribution in [2.75, 3.05) is 23.7 Å². The van der Waals surface area contributed by atoms with Crippen LogP contribution in [0.25, 0.3) is 0 Å². The summed E-state index contributed by atoms with van der Waals surface area (Å²) in [6.07, 6.45) is 2.59. The molecule has 1 atom stereocenters. The molecule has 0 fully saturated rings. The first-order valence-corrected chi connectivity index (χ1v) is 13.6. The Hall–Kier alpha value is -2.99. The molecule has 0 saturated carbocycles. The van der Waals surface area contributed by atoms with Crippen molar-refractivity contribution in [3.8, 4) is 0 Å². The van der Waals surface area contributed by atoms with Gasteiger partial charge in [0, 0.05) is 29.7 Å². The molecule has 0 aliphatic heterocycles. The van der Waals surface area contributed by atoms with E-state index in [9.17, 15) is 28.1 Å². The van der Waals surface area contributed by atoms with Crippen molar-refractivity contribution < 1.29 is 22.9 Å². The molecule has 10 nitrogen and oxygen atoms in total. The van der Waals surface area contributed by atoms with Crippen LogP contribution in [0, 0.1) is 10.1 Å². The fraction of sp³-hybridized carbons (Fsp3) is 0.391. The summed E-state index contributed by atoms with van der Waals surface area (Å²) in [5, 5.41) is 14.0. The minimum atomic E-state index is -3.98. The number of carbonyl (C=O) groups excluding carboxylic acids is 2. The van der Waals surface area contributed by atoms with Crippen LogP contribution in [0.3, 0.4) is 0 Å². The number of unbranched alkanes of at least 4 members (excludes halogenated alkanes) is 1. The van der Waals surface area contributed by atoms with E-state index in [-0.39, 0.29) is 23.8 Å². The van der Waals surface area contributed by atoms with Gasteiger partial charge >= 0.3 is 0 Å². The van der Waals surface area contributed by atoms with E-state index in [1.54, 1.807) is 25.1 Å². The molecule has 0 aromatic heterocycles. The number of carbonyl (C=O) groups is 2. The molecule has 12 heteroatoms. The summed E-state index contributed by atoms with van der Waals surface area (Å²) >= 11 is 3.39. The molecular formula is C23H29BrN4O6S. The largest absolute Gasteiger partial charge is 0.354 e. The maximum absolute atomic E-state index is 13.5. The quantitative estimate of drug-likeness (QED) is 0.237. The van der Waals surface area contributed by atoms with E-state index in [0.717, 1.165) is 39.5 Å². The minimum Gasteiger partial charge on any atom is -0.354 e. The zero-order chi connectivity index (χ0) is 26.2. The molecule has 2 amide bonds. The van der Waals surface area contributed by atoms with Crippen molar-refractivity contribution in [2.45, 2.75) is 39.3 Å². The Morgan fingerprint density at radius 1 is 1.17 bits per heavy atom. The predicted octanol–water partition coefficient (Wildman–Crippen LogP) is 3.46. The molecule has 0 bridgehead atoms. The monoisotopic (exact) mass is 568 g/mol. The van der Waals surface area contributed by atoms with Crippen LogP contribution in [-0.4, -0.2) is 55.4 Å². The minimum absolute atomic E-state index is 0.0162. The Balaban J connectivity index is 2.39. The van der Waals surface area contributed by atoms with Crippen molar-refractivity contribution in [3.63, 3.8) is 0 Å². The lowest BCUT2D eigenvalue weighted by molar-refractivity contribution is -0.384. The number of amides is 2. The van der Waals surface area contributed by atoms with E-state index in [0.29, 0.717) is 6.54 Å². The standard InChI is InChI=1S/C23H29BrN4O6S/c1-4-5-12-25-23(30)17(2)26(15-18-8-6-9-19(24)13-18)22(29)16-27(35(3,33)34)20-10-7-11-21(14-20)28(31)32/h6-11,13-14,17H,4-5,12,15-16H2,1-3H3,(H,25,30)/t17-/m1/s1. The third-order valence-corrected chi connectivity index (χ3v) is 6.88. The number of non-ortho nitro benzene ring substituents is 1. The SMILES string of the molecule is CCCCNC(=O)[C@@H](C)N(Cc1cccc(Br)c1)C(=O)CN(c1cccc([N+](=O)[O-])c1)S(C)(=O)=O. The van der Waals surface area contributed by atoms with Crippen LogP contribution in [0.2, 0.25) is 0 Å². The van der Waals surface area contributed by atoms with Crippen LogP contribution in [0.5, 0.6) is 0 Å². The van der Waals surface area contributed by atoms with Crippen LogP contribution < -0.4 is 9.62 Å². The molecule has 0 radical (unpaired) electrons. The Kier molecular flexibility index (Phi) is 10.2. The van der Waals surface area contributed by atoms with Gasteiger partial charge in [-0.05, 0) is 37.1 Å². The van der Waals surface area contributed by atoms with Crippen LogP contribution in [0.4, 0.5) is 11.4 Å². The fourth-order valence-corrected chi connectivity index (χ4v) is 4.61. The van der Waals surface area contributed by atoms with Gasteiger partial charge in [0.2, 0.25) is 21.8 Å². The molecular weight excluding hydrogens is 540 g/mol. The molecule has 35 heavy (non-hydrogen) atoms. The summed E-state index contributed by atoms with van der Waals surface area (Å²) < 4.78 is 26.7. The summed E-state index contributed by atoms with van der Waals surface area (Å²) in [5.41, 5.74) is 0.415. The molecule has 1 N–H and O–H groups in total. The second kappa shape index (κ2) is 12.6. The number of benzene rings is 2. The fourth-order valence-electron chi connectivity index (χ4n) is 3.33. The highest BCUT2D eigenvalue weighted by Crippen LogP contribution is 2.24. The van der Waals surface area contributed by atoms with Crippen LogP contribution in [0.1, 0.15) is 32.3 Å². The summed E-state index contributed by atoms with van der Waals surface area (Å²) in [6, 6.07) is 11.4. The molecule has 2 aromatic rings. The summed E-state index contributed by atoms with van der Waals surface area (Å²) in [4.78, 5) is 38.1. The smallest absolute Gasteiger partial charge is 0.271 e. The van der Waals surface area contributed by atoms with Gasteiger partial charge in [-0.25, -0.2) is 8.42 Å². The van der Waals surface area contributed by atoms with Crippen LogP contribution in [-0.2, 0) is 26.2 Å². The first-order valence-electron chi connectivity index (χ1n) is 11.0. The number of halogens is 1. The Morgan fingerprint density at radius 3 is 2.46 bits per heavy atom. The van der Waals surface area contributed by atoms with Crippen molar-refractivity contribution in [2.24, 2.45) is 0 Å². The molecule has 0 heterocycles. The first-order chi connectivity index (χ1) is 16.4. The predicted molar refractivity (Wildman–Crippen MR) is 137 cm³/mol. The summed E-state index contributed by atoms with van der Waals surface area (Å²) in [5.74, 6) is -0.983. The molecule has 190 valence electrons. The highest BCUT2D eigenvalue weighted by Gasteiger charge is 2.30. The number of hydrogen-bond acceptors (Lipinski definition) is 6. The molecule has 0 aliphatic rings. The first kappa shape index (κ1) is 28.2. The van der Waals surface area contributed by atoms with Gasteiger partial charge in [0.05, 0.1) is 16.9 Å². The van der Waals surface area contributed by atoms with E-state index in [1.807, 2.05) is 13.0 Å². The van der Waals surface area contributed by atoms with E-state index in [1.165, 1.54) is 23.1 Å². The highest BCUT2D eigenvalue weighted by molar-refractivity contribution is 9.10. The van der Waals surface area contributed by atoms with E-state index in [4.69, 9.17) is 0 Å². The zero-order valence-electron chi connectivity index (χ0n) is 19.8. The number of nitrogens with one attached hydrogen (secondary N) is 1. The summed E-state index contributed by atoms with van der Waals surface area (Å²) in [6.45, 7) is 3.47. The zero-order valence-corrected chi connectivity index (χ0v) is 22.2. The molecule has 0 saturated heterocycles. The van der Waals surface area contributed by atoms with Gasteiger partial charge in [-0.3, -0.25) is 24.0 Å². The Labute approximate surface area is 213 Å². The third kappa shape index (κ3) is 8.32. The van der Waals surface area contributed by atoms with Crippen molar-refractivity contribution in [3.05, 3.63) is 68.7 Å². The van der Waals surface area contributed by atoms with Crippen LogP contribution >= 0.6 is 15.9 Å². The lowest BCUT2D eigenvalue weighted by atomic mass is 10.1. The average Bonchev–Trinajstić information content (AvgIpc) is 2.79. The normalized spacial score (nSPS) is 12.0. The van der Waals surface area contributed by atoms with Gasteiger partial charge in [-0.1, -0.05) is 47.5 Å². The van der Waals surface area contributed by atoms with E-state index in [2.05, 4.69) is 21.2 Å². The number of hydrogen-bond donors (Lipinski definition) is 1. The van der Waals surface area contributed by atoms with Gasteiger partial charge in [0.1, 0.15) is 12.6 Å². The number of nitro benzene ring substituents is 1. The van der Waals surface area contributed by atoms with Gasteiger partial charge < -0.3 is 10.2 Å². The third-order valence-electron chi connectivity index (χ3n) is 5.25. The Bertz CT molecular complexity index is 1170. The van der Waals surface area contributed by atoms with E-state index >= 15 is 0 Å². The maximum atomic E-state index is 13.5. The van der Waals surface area contributed by atoms with Crippen molar-refractivity contribution in [1.29, 1.82) is 0 Å². The van der Waals surface area contributed by atoms with Gasteiger partial charge in [-0.15, -0.1) is 0 Å². The molecule has 2 aromatic carbocycles. The number of nitrogens with zero attached hydrogens (tertiary/aromatic N) is 3. The topological polar surface area (TPSA) is 130 Å². The number of anilines is 1. The van der Waals surface area contributed by atoms with Gasteiger partial charge in [-0.2, -0.15) is 0 Å². The van der Waals surface area contributed by atoms with Gasteiger partial charge in [0.25, 0.3) is 5.69 Å². The molecule has 0 aliphatic carbocycles. The van der Waals surface area contributed by atoms with Crippen molar-refractivity contribution in [1.82, 2.24) is 10.2 Å². The van der Waals surface area contributed by atoms with E-state index < -0.39 is 33.4 Å². The maximum Gasteiger partial charge on any atom is 0.271 e. The lowest BCUT2D eigenvalue weighted by Gasteiger charge is -2.31. The second-order valence-electron chi connectivity index (χ2n) is 8.02. The lowest BCUT2D eigenvalue weighted by Crippen LogP contribution is -2.51. The van der Waals surface area contributed by atoms with Gasteiger partial charge in [0.15, 0.2) is 0 Å². The number of sulfonamides is 1. The summed E-state index contributed by atoms with van der Waals surface area (Å²) in [7, 11) is -3.98. The second-order valence-corrected chi connectivity index (χ2v) is 10.8.